The molecule has 1 atom stereocenters. The summed E-state index contributed by atoms with van der Waals surface area (Å²) in [6, 6.07) is 18.0. The first-order valence-corrected chi connectivity index (χ1v) is 5.36. The summed E-state index contributed by atoms with van der Waals surface area (Å²) in [5.41, 5.74) is 0.536. The Labute approximate surface area is 105 Å². The Balaban J connectivity index is 2.20. The molecule has 0 heterocycles. The molecule has 4 heteroatoms. The molecule has 0 aromatic heterocycles. The van der Waals surface area contributed by atoms with Crippen LogP contribution < -0.4 is 4.74 Å². The van der Waals surface area contributed by atoms with Gasteiger partial charge in [0.15, 0.2) is 0 Å². The van der Waals surface area contributed by atoms with Gasteiger partial charge < -0.3 is 4.74 Å². The molecule has 1 N–H and O–H groups in total. The number of benzene rings is 2. The second-order valence-electron chi connectivity index (χ2n) is 3.60. The van der Waals surface area contributed by atoms with Crippen molar-refractivity contribution >= 4 is 0 Å². The summed E-state index contributed by atoms with van der Waals surface area (Å²) in [4.78, 5) is 4.07. The highest BCUT2D eigenvalue weighted by Crippen LogP contribution is 2.25. The Morgan fingerprint density at radius 3 is 2.39 bits per heavy atom. The molecule has 0 aliphatic rings. The van der Waals surface area contributed by atoms with E-state index in [-0.39, 0.29) is 0 Å². The van der Waals surface area contributed by atoms with E-state index in [9.17, 15) is 0 Å². The number of ether oxygens (including phenoxy) is 1. The molecule has 0 saturated heterocycles. The van der Waals surface area contributed by atoms with Crippen LogP contribution in [0.1, 0.15) is 11.7 Å². The number of hydrogen-bond donors (Lipinski definition) is 1. The van der Waals surface area contributed by atoms with Crippen molar-refractivity contribution in [3.8, 4) is 17.6 Å². The molecule has 0 bridgehead atoms. The SMILES string of the molecule is N#CC(OO)c1cccc(Oc2ccccc2)c1. The minimum absolute atomic E-state index is 0.536. The molecular weight excluding hydrogens is 230 g/mol. The second-order valence-corrected chi connectivity index (χ2v) is 3.60. The van der Waals surface area contributed by atoms with Crippen molar-refractivity contribution in [3.63, 3.8) is 0 Å². The maximum Gasteiger partial charge on any atom is 0.204 e. The van der Waals surface area contributed by atoms with E-state index in [1.54, 1.807) is 24.3 Å². The average Bonchev–Trinajstić information content (AvgIpc) is 2.42. The van der Waals surface area contributed by atoms with Gasteiger partial charge in [-0.25, -0.2) is 4.89 Å². The monoisotopic (exact) mass is 241 g/mol. The third-order valence-electron chi connectivity index (χ3n) is 2.36. The third kappa shape index (κ3) is 2.86. The van der Waals surface area contributed by atoms with E-state index in [4.69, 9.17) is 15.3 Å². The van der Waals surface area contributed by atoms with Crippen LogP contribution in [-0.2, 0) is 4.89 Å². The van der Waals surface area contributed by atoms with Gasteiger partial charge in [0.1, 0.15) is 17.6 Å². The van der Waals surface area contributed by atoms with Crippen LogP contribution in [0.3, 0.4) is 0 Å². The van der Waals surface area contributed by atoms with Gasteiger partial charge in [-0.2, -0.15) is 5.26 Å². The van der Waals surface area contributed by atoms with Crippen molar-refractivity contribution in [1.29, 1.82) is 5.26 Å². The van der Waals surface area contributed by atoms with Crippen molar-refractivity contribution in [3.05, 3.63) is 60.2 Å². The highest BCUT2D eigenvalue weighted by molar-refractivity contribution is 5.35. The molecule has 0 radical (unpaired) electrons. The molecule has 2 rings (SSSR count). The van der Waals surface area contributed by atoms with Gasteiger partial charge in [-0.3, -0.25) is 5.26 Å². The summed E-state index contributed by atoms with van der Waals surface area (Å²) in [5, 5.41) is 17.4. The van der Waals surface area contributed by atoms with Crippen LogP contribution >= 0.6 is 0 Å². The summed E-state index contributed by atoms with van der Waals surface area (Å²) < 4.78 is 5.61. The van der Waals surface area contributed by atoms with E-state index in [0.717, 1.165) is 0 Å². The molecule has 1 unspecified atom stereocenters. The Hall–Kier alpha value is -2.35. The number of para-hydroxylation sites is 1. The minimum atomic E-state index is -1.01. The lowest BCUT2D eigenvalue weighted by atomic mass is 10.1. The van der Waals surface area contributed by atoms with E-state index in [0.29, 0.717) is 17.1 Å². The van der Waals surface area contributed by atoms with Crippen molar-refractivity contribution in [2.75, 3.05) is 0 Å². The van der Waals surface area contributed by atoms with Gasteiger partial charge in [-0.1, -0.05) is 30.3 Å². The normalized spacial score (nSPS) is 11.6. The van der Waals surface area contributed by atoms with Crippen LogP contribution in [0.4, 0.5) is 0 Å². The fourth-order valence-corrected chi connectivity index (χ4v) is 1.52. The van der Waals surface area contributed by atoms with Gasteiger partial charge in [0.25, 0.3) is 0 Å². The lowest BCUT2D eigenvalue weighted by Gasteiger charge is -2.09. The highest BCUT2D eigenvalue weighted by Gasteiger charge is 2.11. The predicted molar refractivity (Wildman–Crippen MR) is 65.0 cm³/mol. The molecule has 18 heavy (non-hydrogen) atoms. The van der Waals surface area contributed by atoms with Crippen molar-refractivity contribution < 1.29 is 14.9 Å². The number of rotatable bonds is 4. The first-order valence-electron chi connectivity index (χ1n) is 5.36. The highest BCUT2D eigenvalue weighted by atomic mass is 17.1. The van der Waals surface area contributed by atoms with Crippen LogP contribution in [0.15, 0.2) is 54.6 Å². The van der Waals surface area contributed by atoms with Gasteiger partial charge in [-0.05, 0) is 24.3 Å². The fourth-order valence-electron chi connectivity index (χ4n) is 1.52. The van der Waals surface area contributed by atoms with E-state index < -0.39 is 6.10 Å². The zero-order valence-corrected chi connectivity index (χ0v) is 9.48. The Morgan fingerprint density at radius 1 is 1.00 bits per heavy atom. The number of nitrogens with zero attached hydrogens (tertiary/aromatic N) is 1. The molecule has 0 aliphatic heterocycles. The third-order valence-corrected chi connectivity index (χ3v) is 2.36. The molecule has 0 aliphatic carbocycles. The van der Waals surface area contributed by atoms with Crippen LogP contribution in [0.5, 0.6) is 11.5 Å². The average molecular weight is 241 g/mol. The lowest BCUT2D eigenvalue weighted by Crippen LogP contribution is -1.98. The van der Waals surface area contributed by atoms with E-state index in [1.807, 2.05) is 36.4 Å². The van der Waals surface area contributed by atoms with E-state index in [2.05, 4.69) is 4.89 Å². The topological polar surface area (TPSA) is 62.5 Å². The van der Waals surface area contributed by atoms with Crippen LogP contribution in [0, 0.1) is 11.3 Å². The standard InChI is InChI=1S/C14H11NO3/c15-10-14(18-16)11-5-4-8-13(9-11)17-12-6-2-1-3-7-12/h1-9,14,16H. The molecule has 0 fully saturated rings. The van der Waals surface area contributed by atoms with Crippen LogP contribution in [0.2, 0.25) is 0 Å². The van der Waals surface area contributed by atoms with Gasteiger partial charge >= 0.3 is 0 Å². The fraction of sp³-hybridized carbons (Fsp3) is 0.0714. The molecule has 90 valence electrons. The molecule has 4 nitrogen and oxygen atoms in total. The largest absolute Gasteiger partial charge is 0.457 e. The van der Waals surface area contributed by atoms with Gasteiger partial charge in [0.05, 0.1) is 0 Å². The quantitative estimate of drug-likeness (QED) is 0.657. The summed E-state index contributed by atoms with van der Waals surface area (Å²) in [6.45, 7) is 0. The minimum Gasteiger partial charge on any atom is -0.457 e. The van der Waals surface area contributed by atoms with Crippen molar-refractivity contribution in [2.24, 2.45) is 0 Å². The summed E-state index contributed by atoms with van der Waals surface area (Å²) in [6.07, 6.45) is -1.01. The van der Waals surface area contributed by atoms with Crippen molar-refractivity contribution in [2.45, 2.75) is 6.10 Å². The first-order chi connectivity index (χ1) is 8.83. The Kier molecular flexibility index (Phi) is 3.92. The van der Waals surface area contributed by atoms with Gasteiger partial charge in [0.2, 0.25) is 6.10 Å². The molecule has 2 aromatic carbocycles. The smallest absolute Gasteiger partial charge is 0.204 e. The van der Waals surface area contributed by atoms with E-state index in [1.165, 1.54) is 0 Å². The van der Waals surface area contributed by atoms with Gasteiger partial charge in [0, 0.05) is 5.56 Å². The molecular formula is C14H11NO3. The van der Waals surface area contributed by atoms with Gasteiger partial charge in [-0.15, -0.1) is 0 Å². The zero-order chi connectivity index (χ0) is 12.8. The molecule has 0 spiro atoms. The van der Waals surface area contributed by atoms with Crippen molar-refractivity contribution in [1.82, 2.24) is 0 Å². The molecule has 2 aromatic rings. The summed E-state index contributed by atoms with van der Waals surface area (Å²) in [7, 11) is 0. The van der Waals surface area contributed by atoms with Crippen LogP contribution in [-0.4, -0.2) is 5.26 Å². The maximum absolute atomic E-state index is 8.78. The predicted octanol–water partition coefficient (Wildman–Crippen LogP) is 3.53. The number of hydrogen-bond acceptors (Lipinski definition) is 4. The molecule has 0 amide bonds. The maximum atomic E-state index is 8.78. The van der Waals surface area contributed by atoms with Crippen LogP contribution in [0.25, 0.3) is 0 Å². The molecule has 0 saturated carbocycles. The van der Waals surface area contributed by atoms with E-state index >= 15 is 0 Å². The zero-order valence-electron chi connectivity index (χ0n) is 9.48. The first kappa shape index (κ1) is 12.1. The Morgan fingerprint density at radius 2 is 1.72 bits per heavy atom. The summed E-state index contributed by atoms with van der Waals surface area (Å²) >= 11 is 0. The Bertz CT molecular complexity index is 548. The summed E-state index contributed by atoms with van der Waals surface area (Å²) in [5.74, 6) is 1.28. The lowest BCUT2D eigenvalue weighted by molar-refractivity contribution is -0.266. The number of nitriles is 1. The second kappa shape index (κ2) is 5.82.